The molecule has 24 heavy (non-hydrogen) atoms. The van der Waals surface area contributed by atoms with Gasteiger partial charge in [0.2, 0.25) is 0 Å². The van der Waals surface area contributed by atoms with E-state index < -0.39 is 0 Å². The van der Waals surface area contributed by atoms with Crippen molar-refractivity contribution in [2.45, 2.75) is 0 Å². The van der Waals surface area contributed by atoms with Crippen LogP contribution in [0.2, 0.25) is 5.02 Å². The van der Waals surface area contributed by atoms with Crippen LogP contribution in [0, 0.1) is 0 Å². The summed E-state index contributed by atoms with van der Waals surface area (Å²) in [6.45, 7) is -0.159. The van der Waals surface area contributed by atoms with Gasteiger partial charge >= 0.3 is 0 Å². The maximum absolute atomic E-state index is 11.7. The molecule has 0 aromatic heterocycles. The van der Waals surface area contributed by atoms with Crippen LogP contribution in [0.15, 0.2) is 47.6 Å². The van der Waals surface area contributed by atoms with Crippen molar-refractivity contribution in [2.75, 3.05) is 20.8 Å². The first-order chi connectivity index (χ1) is 11.6. The first kappa shape index (κ1) is 17.6. The summed E-state index contributed by atoms with van der Waals surface area (Å²) in [7, 11) is 3.09. The van der Waals surface area contributed by atoms with Gasteiger partial charge in [-0.2, -0.15) is 5.10 Å². The van der Waals surface area contributed by atoms with E-state index in [0.29, 0.717) is 27.8 Å². The van der Waals surface area contributed by atoms with Crippen molar-refractivity contribution in [3.63, 3.8) is 0 Å². The van der Waals surface area contributed by atoms with Gasteiger partial charge in [-0.1, -0.05) is 17.7 Å². The third kappa shape index (κ3) is 4.89. The number of nitrogens with zero attached hydrogens (tertiary/aromatic N) is 1. The number of ether oxygens (including phenoxy) is 3. The van der Waals surface area contributed by atoms with Crippen molar-refractivity contribution in [2.24, 2.45) is 5.10 Å². The molecule has 7 heteroatoms. The second-order valence-corrected chi connectivity index (χ2v) is 5.05. The van der Waals surface area contributed by atoms with Gasteiger partial charge in [0.15, 0.2) is 18.1 Å². The highest BCUT2D eigenvalue weighted by Gasteiger charge is 2.07. The average Bonchev–Trinajstić information content (AvgIpc) is 2.61. The standard InChI is InChI=1S/C17H17ClN2O4/c1-22-15-5-3-4-12(17(15)23-2)10-19-20-16(21)11-24-14-8-6-13(18)7-9-14/h3-10H,11H2,1-2H3,(H,20,21)/b19-10+. The summed E-state index contributed by atoms with van der Waals surface area (Å²) in [6, 6.07) is 12.1. The Morgan fingerprint density at radius 1 is 1.17 bits per heavy atom. The average molecular weight is 349 g/mol. The van der Waals surface area contributed by atoms with Crippen molar-refractivity contribution in [3.05, 3.63) is 53.1 Å². The fourth-order valence-electron chi connectivity index (χ4n) is 1.90. The largest absolute Gasteiger partial charge is 0.493 e. The van der Waals surface area contributed by atoms with Gasteiger partial charge in [-0.3, -0.25) is 4.79 Å². The van der Waals surface area contributed by atoms with Crippen LogP contribution in [-0.4, -0.2) is 32.9 Å². The summed E-state index contributed by atoms with van der Waals surface area (Å²) in [6.07, 6.45) is 1.47. The minimum Gasteiger partial charge on any atom is -0.493 e. The van der Waals surface area contributed by atoms with Gasteiger partial charge in [0, 0.05) is 10.6 Å². The molecule has 1 N–H and O–H groups in total. The Morgan fingerprint density at radius 3 is 2.58 bits per heavy atom. The zero-order chi connectivity index (χ0) is 17.4. The van der Waals surface area contributed by atoms with E-state index in [-0.39, 0.29) is 12.5 Å². The molecule has 0 saturated carbocycles. The van der Waals surface area contributed by atoms with Crippen LogP contribution in [0.5, 0.6) is 17.2 Å². The summed E-state index contributed by atoms with van der Waals surface area (Å²) >= 11 is 5.77. The number of hydrazone groups is 1. The molecular weight excluding hydrogens is 332 g/mol. The van der Waals surface area contributed by atoms with Crippen LogP contribution in [0.1, 0.15) is 5.56 Å². The number of halogens is 1. The maximum Gasteiger partial charge on any atom is 0.277 e. The zero-order valence-corrected chi connectivity index (χ0v) is 14.0. The zero-order valence-electron chi connectivity index (χ0n) is 13.3. The highest BCUT2D eigenvalue weighted by Crippen LogP contribution is 2.29. The Bertz CT molecular complexity index is 717. The van der Waals surface area contributed by atoms with Crippen molar-refractivity contribution in [1.82, 2.24) is 5.43 Å². The highest BCUT2D eigenvalue weighted by atomic mass is 35.5. The molecule has 0 saturated heterocycles. The number of nitrogens with one attached hydrogen (secondary N) is 1. The van der Waals surface area contributed by atoms with E-state index in [0.717, 1.165) is 0 Å². The Kier molecular flexibility index (Phi) is 6.45. The Balaban J connectivity index is 1.89. The van der Waals surface area contributed by atoms with Gasteiger partial charge in [-0.25, -0.2) is 5.43 Å². The van der Waals surface area contributed by atoms with E-state index in [9.17, 15) is 4.79 Å². The monoisotopic (exact) mass is 348 g/mol. The molecule has 0 aliphatic carbocycles. The van der Waals surface area contributed by atoms with Crippen LogP contribution in [0.4, 0.5) is 0 Å². The number of hydrogen-bond acceptors (Lipinski definition) is 5. The SMILES string of the molecule is COc1cccc(/C=N/NC(=O)COc2ccc(Cl)cc2)c1OC. The Labute approximate surface area is 145 Å². The third-order valence-electron chi connectivity index (χ3n) is 3.01. The molecule has 0 radical (unpaired) electrons. The number of methoxy groups -OCH3 is 2. The third-order valence-corrected chi connectivity index (χ3v) is 3.26. The lowest BCUT2D eigenvalue weighted by atomic mass is 10.2. The van der Waals surface area contributed by atoms with Crippen molar-refractivity contribution >= 4 is 23.7 Å². The fraction of sp³-hybridized carbons (Fsp3) is 0.176. The minimum absolute atomic E-state index is 0.159. The first-order valence-electron chi connectivity index (χ1n) is 7.05. The molecule has 0 bridgehead atoms. The van der Waals surface area contributed by atoms with Gasteiger partial charge in [0.1, 0.15) is 5.75 Å². The second kappa shape index (κ2) is 8.79. The lowest BCUT2D eigenvalue weighted by Gasteiger charge is -2.09. The van der Waals surface area contributed by atoms with Crippen LogP contribution in [0.3, 0.4) is 0 Å². The molecule has 0 spiro atoms. The number of hydrogen-bond donors (Lipinski definition) is 1. The summed E-state index contributed by atoms with van der Waals surface area (Å²) in [5, 5.41) is 4.49. The molecule has 0 aliphatic heterocycles. The molecule has 126 valence electrons. The van der Waals surface area contributed by atoms with E-state index in [1.165, 1.54) is 13.3 Å². The number of rotatable bonds is 7. The summed E-state index contributed by atoms with van der Waals surface area (Å²) in [5.74, 6) is 1.28. The number of carbonyl (C=O) groups excluding carboxylic acids is 1. The van der Waals surface area contributed by atoms with Gasteiger partial charge in [0.25, 0.3) is 5.91 Å². The summed E-state index contributed by atoms with van der Waals surface area (Å²) in [5.41, 5.74) is 3.06. The molecule has 6 nitrogen and oxygen atoms in total. The van der Waals surface area contributed by atoms with Crippen LogP contribution < -0.4 is 19.6 Å². The number of para-hydroxylation sites is 1. The summed E-state index contributed by atoms with van der Waals surface area (Å²) in [4.78, 5) is 11.7. The molecular formula is C17H17ClN2O4. The van der Waals surface area contributed by atoms with Crippen LogP contribution in [0.25, 0.3) is 0 Å². The second-order valence-electron chi connectivity index (χ2n) is 4.62. The van der Waals surface area contributed by atoms with Crippen LogP contribution in [-0.2, 0) is 4.79 Å². The van der Waals surface area contributed by atoms with E-state index in [4.69, 9.17) is 25.8 Å². The lowest BCUT2D eigenvalue weighted by molar-refractivity contribution is -0.123. The summed E-state index contributed by atoms with van der Waals surface area (Å²) < 4.78 is 15.8. The molecule has 2 aromatic carbocycles. The van der Waals surface area contributed by atoms with E-state index >= 15 is 0 Å². The fourth-order valence-corrected chi connectivity index (χ4v) is 2.03. The van der Waals surface area contributed by atoms with Gasteiger partial charge < -0.3 is 14.2 Å². The van der Waals surface area contributed by atoms with Crippen molar-refractivity contribution in [3.8, 4) is 17.2 Å². The highest BCUT2D eigenvalue weighted by molar-refractivity contribution is 6.30. The predicted molar refractivity (Wildman–Crippen MR) is 92.2 cm³/mol. The normalized spacial score (nSPS) is 10.5. The van der Waals surface area contributed by atoms with Gasteiger partial charge in [-0.05, 0) is 36.4 Å². The first-order valence-corrected chi connectivity index (χ1v) is 7.43. The van der Waals surface area contributed by atoms with E-state index in [1.54, 1.807) is 49.6 Å². The van der Waals surface area contributed by atoms with Crippen molar-refractivity contribution < 1.29 is 19.0 Å². The molecule has 0 atom stereocenters. The topological polar surface area (TPSA) is 69.2 Å². The molecule has 0 unspecified atom stereocenters. The molecule has 1 amide bonds. The molecule has 2 aromatic rings. The predicted octanol–water partition coefficient (Wildman–Crippen LogP) is 2.89. The van der Waals surface area contributed by atoms with E-state index in [1.807, 2.05) is 0 Å². The number of benzene rings is 2. The van der Waals surface area contributed by atoms with E-state index in [2.05, 4.69) is 10.5 Å². The smallest absolute Gasteiger partial charge is 0.277 e. The number of carbonyl (C=O) groups is 1. The van der Waals surface area contributed by atoms with Crippen molar-refractivity contribution in [1.29, 1.82) is 0 Å². The maximum atomic E-state index is 11.7. The molecule has 0 fully saturated rings. The Hall–Kier alpha value is -2.73. The van der Waals surface area contributed by atoms with Crippen LogP contribution >= 0.6 is 11.6 Å². The Morgan fingerprint density at radius 2 is 1.92 bits per heavy atom. The molecule has 0 heterocycles. The quantitative estimate of drug-likeness (QED) is 0.617. The van der Waals surface area contributed by atoms with Gasteiger partial charge in [0.05, 0.1) is 20.4 Å². The van der Waals surface area contributed by atoms with Gasteiger partial charge in [-0.15, -0.1) is 0 Å². The lowest BCUT2D eigenvalue weighted by Crippen LogP contribution is -2.24. The molecule has 2 rings (SSSR count). The minimum atomic E-state index is -0.386. The number of amides is 1. The molecule has 0 aliphatic rings.